The zero-order valence-corrected chi connectivity index (χ0v) is 11.0. The Hall–Kier alpha value is -1.33. The molecular weight excluding hydrogens is 277 g/mol. The van der Waals surface area contributed by atoms with E-state index in [1.807, 2.05) is 0 Å². The number of hydrogen-bond acceptors (Lipinski definition) is 3. The van der Waals surface area contributed by atoms with Gasteiger partial charge in [0, 0.05) is 12.4 Å². The molecule has 0 aliphatic heterocycles. The lowest BCUT2D eigenvalue weighted by Gasteiger charge is -2.13. The third-order valence-corrected chi connectivity index (χ3v) is 4.07. The van der Waals surface area contributed by atoms with Crippen LogP contribution in [0.4, 0.5) is 0 Å². The van der Waals surface area contributed by atoms with Crippen LogP contribution in [0.25, 0.3) is 0 Å². The van der Waals surface area contributed by atoms with Crippen LogP contribution in [0.15, 0.2) is 24.5 Å². The van der Waals surface area contributed by atoms with Gasteiger partial charge in [-0.1, -0.05) is 0 Å². The first-order valence-electron chi connectivity index (χ1n) is 5.25. The van der Waals surface area contributed by atoms with Gasteiger partial charge in [-0.3, -0.25) is 25.4 Å². The first-order valence-corrected chi connectivity index (χ1v) is 6.01. The summed E-state index contributed by atoms with van der Waals surface area (Å²) < 4.78 is -1.06. The van der Waals surface area contributed by atoms with Gasteiger partial charge in [0.2, 0.25) is 5.91 Å². The summed E-state index contributed by atoms with van der Waals surface area (Å²) in [6.07, 6.45) is 3.31. The number of aromatic nitrogens is 1. The zero-order chi connectivity index (χ0) is 13.4. The SMILES string of the molecule is C[C@@]1(C(=O)NNC(=O)c2cccnc2)CC1(Cl)Cl. The van der Waals surface area contributed by atoms with Crippen molar-refractivity contribution in [2.24, 2.45) is 5.41 Å². The molecule has 18 heavy (non-hydrogen) atoms. The summed E-state index contributed by atoms with van der Waals surface area (Å²) in [7, 11) is 0. The summed E-state index contributed by atoms with van der Waals surface area (Å²) in [6, 6.07) is 3.21. The van der Waals surface area contributed by atoms with Crippen molar-refractivity contribution in [2.75, 3.05) is 0 Å². The van der Waals surface area contributed by atoms with Gasteiger partial charge in [0.25, 0.3) is 5.91 Å². The second-order valence-electron chi connectivity index (χ2n) is 4.36. The highest BCUT2D eigenvalue weighted by Gasteiger charge is 2.68. The van der Waals surface area contributed by atoms with Crippen molar-refractivity contribution in [3.05, 3.63) is 30.1 Å². The van der Waals surface area contributed by atoms with Gasteiger partial charge < -0.3 is 0 Å². The van der Waals surface area contributed by atoms with Crippen LogP contribution >= 0.6 is 23.2 Å². The van der Waals surface area contributed by atoms with Crippen molar-refractivity contribution in [1.29, 1.82) is 0 Å². The van der Waals surface area contributed by atoms with Gasteiger partial charge in [-0.2, -0.15) is 0 Å². The number of nitrogens with one attached hydrogen (secondary N) is 2. The van der Waals surface area contributed by atoms with Crippen LogP contribution in [0, 0.1) is 5.41 Å². The summed E-state index contributed by atoms with van der Waals surface area (Å²) in [6.45, 7) is 1.64. The fourth-order valence-electron chi connectivity index (χ4n) is 1.47. The van der Waals surface area contributed by atoms with Crippen LogP contribution in [0.1, 0.15) is 23.7 Å². The van der Waals surface area contributed by atoms with Crippen LogP contribution in [-0.2, 0) is 4.79 Å². The Morgan fingerprint density at radius 2 is 2.06 bits per heavy atom. The maximum atomic E-state index is 11.8. The lowest BCUT2D eigenvalue weighted by Crippen LogP contribution is -2.45. The third kappa shape index (κ3) is 2.28. The number of halogens is 2. The van der Waals surface area contributed by atoms with Crippen LogP contribution in [0.3, 0.4) is 0 Å². The van der Waals surface area contributed by atoms with Gasteiger partial charge in [0.15, 0.2) is 0 Å². The molecule has 1 heterocycles. The molecule has 0 bridgehead atoms. The highest BCUT2D eigenvalue weighted by Crippen LogP contribution is 2.63. The number of carbonyl (C=O) groups is 2. The number of alkyl halides is 2. The Kier molecular flexibility index (Phi) is 3.21. The van der Waals surface area contributed by atoms with E-state index in [0.717, 1.165) is 0 Å². The molecule has 0 unspecified atom stereocenters. The predicted molar refractivity (Wildman–Crippen MR) is 67.0 cm³/mol. The molecule has 1 fully saturated rings. The molecular formula is C11H11Cl2N3O2. The fourth-order valence-corrected chi connectivity index (χ4v) is 2.17. The minimum Gasteiger partial charge on any atom is -0.273 e. The predicted octanol–water partition coefficient (Wildman–Crippen LogP) is 1.43. The normalized spacial score (nSPS) is 24.2. The molecule has 0 saturated heterocycles. The van der Waals surface area contributed by atoms with Crippen molar-refractivity contribution >= 4 is 35.0 Å². The molecule has 7 heteroatoms. The lowest BCUT2D eigenvalue weighted by atomic mass is 10.1. The number of hydrazine groups is 1. The van der Waals surface area contributed by atoms with Crippen LogP contribution in [0.5, 0.6) is 0 Å². The Bertz CT molecular complexity index is 492. The van der Waals surface area contributed by atoms with Crippen molar-refractivity contribution in [1.82, 2.24) is 15.8 Å². The summed E-state index contributed by atoms with van der Waals surface area (Å²) in [5.41, 5.74) is 4.08. The van der Waals surface area contributed by atoms with E-state index in [1.165, 1.54) is 6.20 Å². The zero-order valence-electron chi connectivity index (χ0n) is 9.54. The van der Waals surface area contributed by atoms with E-state index in [1.54, 1.807) is 25.3 Å². The number of nitrogens with zero attached hydrogens (tertiary/aromatic N) is 1. The number of carbonyl (C=O) groups excluding carboxylic acids is 2. The van der Waals surface area contributed by atoms with Crippen LogP contribution < -0.4 is 10.9 Å². The Morgan fingerprint density at radius 3 is 2.56 bits per heavy atom. The van der Waals surface area contributed by atoms with Gasteiger partial charge in [-0.15, -0.1) is 23.2 Å². The Balaban J connectivity index is 1.90. The minimum atomic E-state index is -1.06. The molecule has 1 aliphatic rings. The van der Waals surface area contributed by atoms with Gasteiger partial charge in [0.1, 0.15) is 4.33 Å². The smallest absolute Gasteiger partial charge is 0.271 e. The molecule has 1 aromatic rings. The summed E-state index contributed by atoms with van der Waals surface area (Å²) in [5, 5.41) is 0. The monoisotopic (exact) mass is 287 g/mol. The topological polar surface area (TPSA) is 71.1 Å². The van der Waals surface area contributed by atoms with E-state index < -0.39 is 21.6 Å². The van der Waals surface area contributed by atoms with E-state index in [2.05, 4.69) is 15.8 Å². The van der Waals surface area contributed by atoms with E-state index in [-0.39, 0.29) is 0 Å². The number of amides is 2. The number of pyridine rings is 1. The second kappa shape index (κ2) is 4.40. The minimum absolute atomic E-state index is 0.349. The van der Waals surface area contributed by atoms with Crippen molar-refractivity contribution < 1.29 is 9.59 Å². The van der Waals surface area contributed by atoms with Crippen molar-refractivity contribution in [2.45, 2.75) is 17.7 Å². The van der Waals surface area contributed by atoms with E-state index in [4.69, 9.17) is 23.2 Å². The molecule has 2 N–H and O–H groups in total. The average molecular weight is 288 g/mol. The molecule has 5 nitrogen and oxygen atoms in total. The summed E-state index contributed by atoms with van der Waals surface area (Å²) in [4.78, 5) is 27.2. The maximum absolute atomic E-state index is 11.8. The van der Waals surface area contributed by atoms with Gasteiger partial charge in [0.05, 0.1) is 11.0 Å². The van der Waals surface area contributed by atoms with Crippen LogP contribution in [0.2, 0.25) is 0 Å². The standard InChI is InChI=1S/C11H11Cl2N3O2/c1-10(6-11(10,12)13)9(18)16-15-8(17)7-3-2-4-14-5-7/h2-5H,6H2,1H3,(H,15,17)(H,16,18)/t10-/m0/s1. The van der Waals surface area contributed by atoms with E-state index in [9.17, 15) is 9.59 Å². The Labute approximate surface area is 114 Å². The lowest BCUT2D eigenvalue weighted by molar-refractivity contribution is -0.126. The molecule has 2 rings (SSSR count). The quantitative estimate of drug-likeness (QED) is 0.638. The fraction of sp³-hybridized carbons (Fsp3) is 0.364. The average Bonchev–Trinajstić information content (AvgIpc) is 2.87. The van der Waals surface area contributed by atoms with Gasteiger partial charge in [-0.25, -0.2) is 0 Å². The van der Waals surface area contributed by atoms with Crippen LogP contribution in [-0.4, -0.2) is 21.1 Å². The highest BCUT2D eigenvalue weighted by molar-refractivity contribution is 6.53. The van der Waals surface area contributed by atoms with E-state index >= 15 is 0 Å². The summed E-state index contributed by atoms with van der Waals surface area (Å²) >= 11 is 11.7. The molecule has 1 aromatic heterocycles. The first kappa shape index (κ1) is 13.1. The molecule has 0 aromatic carbocycles. The van der Waals surface area contributed by atoms with Crippen molar-refractivity contribution in [3.8, 4) is 0 Å². The Morgan fingerprint density at radius 1 is 1.39 bits per heavy atom. The molecule has 0 radical (unpaired) electrons. The number of rotatable bonds is 2. The largest absolute Gasteiger partial charge is 0.273 e. The molecule has 96 valence electrons. The number of hydrogen-bond donors (Lipinski definition) is 2. The highest BCUT2D eigenvalue weighted by atomic mass is 35.5. The molecule has 1 saturated carbocycles. The van der Waals surface area contributed by atoms with Crippen molar-refractivity contribution in [3.63, 3.8) is 0 Å². The van der Waals surface area contributed by atoms with Gasteiger partial charge >= 0.3 is 0 Å². The molecule has 1 atom stereocenters. The molecule has 1 aliphatic carbocycles. The second-order valence-corrected chi connectivity index (χ2v) is 5.85. The molecule has 0 spiro atoms. The molecule has 2 amide bonds. The van der Waals surface area contributed by atoms with E-state index in [0.29, 0.717) is 12.0 Å². The first-order chi connectivity index (χ1) is 8.37. The third-order valence-electron chi connectivity index (χ3n) is 2.97. The summed E-state index contributed by atoms with van der Waals surface area (Å²) in [5.74, 6) is -0.861. The maximum Gasteiger partial charge on any atom is 0.271 e. The van der Waals surface area contributed by atoms with Gasteiger partial charge in [-0.05, 0) is 25.5 Å².